The zero-order valence-corrected chi connectivity index (χ0v) is 12.8. The molecule has 2 rings (SSSR count). The zero-order valence-electron chi connectivity index (χ0n) is 12.8. The number of urea groups is 1. The first-order chi connectivity index (χ1) is 10.7. The molecule has 0 heterocycles. The van der Waals surface area contributed by atoms with Crippen LogP contribution >= 0.6 is 0 Å². The summed E-state index contributed by atoms with van der Waals surface area (Å²) in [7, 11) is 0. The first-order valence-electron chi connectivity index (χ1n) is 7.95. The lowest BCUT2D eigenvalue weighted by Gasteiger charge is -2.20. The van der Waals surface area contributed by atoms with Crippen molar-refractivity contribution in [1.29, 1.82) is 0 Å². The summed E-state index contributed by atoms with van der Waals surface area (Å²) in [5, 5.41) is 14.2. The van der Waals surface area contributed by atoms with Crippen LogP contribution in [0.2, 0.25) is 0 Å². The number of hydrogen-bond acceptors (Lipinski definition) is 2. The van der Waals surface area contributed by atoms with Gasteiger partial charge in [-0.1, -0.05) is 36.8 Å². The second-order valence-corrected chi connectivity index (χ2v) is 5.84. The summed E-state index contributed by atoms with van der Waals surface area (Å²) in [5.74, 6) is 0.166. The first kappa shape index (κ1) is 16.3. The monoisotopic (exact) mass is 304 g/mol. The van der Waals surface area contributed by atoms with Crippen molar-refractivity contribution in [3.63, 3.8) is 0 Å². The number of carbonyl (C=O) groups excluding carboxylic acids is 1. The first-order valence-corrected chi connectivity index (χ1v) is 7.95. The molecule has 22 heavy (non-hydrogen) atoms. The predicted octanol–water partition coefficient (Wildman–Crippen LogP) is 2.73. The van der Waals surface area contributed by atoms with Crippen molar-refractivity contribution in [2.24, 2.45) is 5.92 Å². The van der Waals surface area contributed by atoms with E-state index < -0.39 is 5.97 Å². The highest BCUT2D eigenvalue weighted by Gasteiger charge is 2.28. The summed E-state index contributed by atoms with van der Waals surface area (Å²) in [6, 6.07) is 10.3. The molecule has 3 N–H and O–H groups in total. The van der Waals surface area contributed by atoms with Gasteiger partial charge in [-0.3, -0.25) is 4.79 Å². The number of carboxylic acids is 1. The Hall–Kier alpha value is -2.04. The number of carboxylic acid groups (broad SMARTS) is 1. The third kappa shape index (κ3) is 5.06. The largest absolute Gasteiger partial charge is 0.481 e. The number of carbonyl (C=O) groups is 2. The van der Waals surface area contributed by atoms with Crippen LogP contribution in [0.15, 0.2) is 30.3 Å². The normalized spacial score (nSPS) is 20.5. The van der Waals surface area contributed by atoms with Gasteiger partial charge in [-0.25, -0.2) is 4.79 Å². The number of nitrogens with one attached hydrogen (secondary N) is 2. The summed E-state index contributed by atoms with van der Waals surface area (Å²) < 4.78 is 0. The van der Waals surface area contributed by atoms with Crippen LogP contribution in [0, 0.1) is 5.92 Å². The van der Waals surface area contributed by atoms with Crippen molar-refractivity contribution in [3.8, 4) is 0 Å². The second-order valence-electron chi connectivity index (χ2n) is 5.84. The topological polar surface area (TPSA) is 78.4 Å². The maximum atomic E-state index is 11.7. The van der Waals surface area contributed by atoms with Gasteiger partial charge >= 0.3 is 12.0 Å². The molecule has 2 unspecified atom stereocenters. The van der Waals surface area contributed by atoms with Gasteiger partial charge in [0, 0.05) is 19.5 Å². The summed E-state index contributed by atoms with van der Waals surface area (Å²) in [5.41, 5.74) is 1.36. The highest BCUT2D eigenvalue weighted by atomic mass is 16.4. The third-order valence-electron chi connectivity index (χ3n) is 4.26. The van der Waals surface area contributed by atoms with Gasteiger partial charge in [0.2, 0.25) is 0 Å². The number of rotatable bonds is 7. The molecule has 1 saturated carbocycles. The Morgan fingerprint density at radius 3 is 2.64 bits per heavy atom. The van der Waals surface area contributed by atoms with Gasteiger partial charge in [0.05, 0.1) is 0 Å². The summed E-state index contributed by atoms with van der Waals surface area (Å²) in [6.07, 6.45) is 4.05. The molecule has 1 aliphatic carbocycles. The van der Waals surface area contributed by atoms with Crippen LogP contribution in [0.3, 0.4) is 0 Å². The lowest BCUT2D eigenvalue weighted by Crippen LogP contribution is -2.39. The lowest BCUT2D eigenvalue weighted by atomic mass is 9.89. The van der Waals surface area contributed by atoms with Crippen LogP contribution < -0.4 is 10.6 Å². The minimum atomic E-state index is -0.834. The quantitative estimate of drug-likeness (QED) is 0.678. The van der Waals surface area contributed by atoms with Crippen molar-refractivity contribution in [3.05, 3.63) is 35.9 Å². The Bertz CT molecular complexity index is 490. The summed E-state index contributed by atoms with van der Waals surface area (Å²) >= 11 is 0. The molecule has 0 aromatic heterocycles. The molecule has 2 atom stereocenters. The van der Waals surface area contributed by atoms with E-state index in [2.05, 4.69) is 34.9 Å². The van der Waals surface area contributed by atoms with Crippen molar-refractivity contribution in [2.45, 2.75) is 38.0 Å². The Morgan fingerprint density at radius 1 is 1.14 bits per heavy atom. The van der Waals surface area contributed by atoms with Gasteiger partial charge < -0.3 is 15.7 Å². The van der Waals surface area contributed by atoms with Gasteiger partial charge in [-0.05, 0) is 36.7 Å². The average molecular weight is 304 g/mol. The van der Waals surface area contributed by atoms with Crippen LogP contribution in [0.25, 0.3) is 0 Å². The number of aliphatic carboxylic acids is 1. The maximum Gasteiger partial charge on any atom is 0.314 e. The Kier molecular flexibility index (Phi) is 6.25. The minimum absolute atomic E-state index is 0.0823. The van der Waals surface area contributed by atoms with Gasteiger partial charge in [0.15, 0.2) is 0 Å². The molecule has 0 saturated heterocycles. The molecule has 5 heteroatoms. The Balaban J connectivity index is 1.71. The Morgan fingerprint density at radius 2 is 1.91 bits per heavy atom. The van der Waals surface area contributed by atoms with Crippen LogP contribution in [-0.4, -0.2) is 30.2 Å². The standard InChI is InChI=1S/C17H24N2O3/c20-16(21)10-5-11-18-17(22)19-12-14-8-4-9-15(14)13-6-2-1-3-7-13/h1-3,6-7,14-15H,4-5,8-12H2,(H,20,21)(H2,18,19,22). The van der Waals surface area contributed by atoms with Crippen LogP contribution in [-0.2, 0) is 4.79 Å². The van der Waals surface area contributed by atoms with Crippen molar-refractivity contribution >= 4 is 12.0 Å². The molecule has 5 nitrogen and oxygen atoms in total. The lowest BCUT2D eigenvalue weighted by molar-refractivity contribution is -0.137. The van der Waals surface area contributed by atoms with E-state index >= 15 is 0 Å². The van der Waals surface area contributed by atoms with Gasteiger partial charge in [0.1, 0.15) is 0 Å². The van der Waals surface area contributed by atoms with E-state index in [0.29, 0.717) is 31.3 Å². The Labute approximate surface area is 131 Å². The van der Waals surface area contributed by atoms with Crippen LogP contribution in [0.1, 0.15) is 43.6 Å². The molecule has 1 fully saturated rings. The van der Waals surface area contributed by atoms with E-state index in [1.165, 1.54) is 18.4 Å². The molecule has 0 aliphatic heterocycles. The van der Waals surface area contributed by atoms with Gasteiger partial charge in [0.25, 0.3) is 0 Å². The van der Waals surface area contributed by atoms with E-state index in [9.17, 15) is 9.59 Å². The van der Waals surface area contributed by atoms with Crippen molar-refractivity contribution < 1.29 is 14.7 Å². The third-order valence-corrected chi connectivity index (χ3v) is 4.26. The number of hydrogen-bond donors (Lipinski definition) is 3. The number of benzene rings is 1. The van der Waals surface area contributed by atoms with E-state index in [1.807, 2.05) is 6.07 Å². The fourth-order valence-corrected chi connectivity index (χ4v) is 3.15. The molecule has 1 aromatic rings. The average Bonchev–Trinajstić information content (AvgIpc) is 2.99. The molecule has 1 aliphatic rings. The van der Waals surface area contributed by atoms with Crippen LogP contribution in [0.5, 0.6) is 0 Å². The van der Waals surface area contributed by atoms with Gasteiger partial charge in [-0.15, -0.1) is 0 Å². The second kappa shape index (κ2) is 8.41. The van der Waals surface area contributed by atoms with E-state index in [4.69, 9.17) is 5.11 Å². The van der Waals surface area contributed by atoms with E-state index in [-0.39, 0.29) is 12.5 Å². The smallest absolute Gasteiger partial charge is 0.314 e. The van der Waals surface area contributed by atoms with Crippen molar-refractivity contribution in [1.82, 2.24) is 10.6 Å². The highest BCUT2D eigenvalue weighted by Crippen LogP contribution is 2.38. The highest BCUT2D eigenvalue weighted by molar-refractivity contribution is 5.73. The molecular formula is C17H24N2O3. The molecular weight excluding hydrogens is 280 g/mol. The fourth-order valence-electron chi connectivity index (χ4n) is 3.15. The van der Waals surface area contributed by atoms with E-state index in [1.54, 1.807) is 0 Å². The van der Waals surface area contributed by atoms with E-state index in [0.717, 1.165) is 6.42 Å². The van der Waals surface area contributed by atoms with Crippen LogP contribution in [0.4, 0.5) is 4.79 Å². The SMILES string of the molecule is O=C(O)CCCNC(=O)NCC1CCCC1c1ccccc1. The molecule has 0 radical (unpaired) electrons. The summed E-state index contributed by atoms with van der Waals surface area (Å²) in [4.78, 5) is 22.1. The van der Waals surface area contributed by atoms with Crippen molar-refractivity contribution in [2.75, 3.05) is 13.1 Å². The predicted molar refractivity (Wildman–Crippen MR) is 84.8 cm³/mol. The summed E-state index contributed by atoms with van der Waals surface area (Å²) in [6.45, 7) is 1.06. The molecule has 120 valence electrons. The fraction of sp³-hybridized carbons (Fsp3) is 0.529. The molecule has 1 aromatic carbocycles. The van der Waals surface area contributed by atoms with Gasteiger partial charge in [-0.2, -0.15) is 0 Å². The number of amides is 2. The maximum absolute atomic E-state index is 11.7. The zero-order chi connectivity index (χ0) is 15.8. The molecule has 0 bridgehead atoms. The molecule has 2 amide bonds. The minimum Gasteiger partial charge on any atom is -0.481 e. The molecule has 0 spiro atoms.